The lowest BCUT2D eigenvalue weighted by Gasteiger charge is -2.32. The van der Waals surface area contributed by atoms with Gasteiger partial charge in [-0.3, -0.25) is 9.48 Å². The molecule has 8 heteroatoms. The fourth-order valence-corrected chi connectivity index (χ4v) is 3.60. The highest BCUT2D eigenvalue weighted by atomic mass is 16.5. The molecule has 1 saturated heterocycles. The minimum absolute atomic E-state index is 0.113. The van der Waals surface area contributed by atoms with Gasteiger partial charge in [0.25, 0.3) is 5.91 Å². The first-order valence-corrected chi connectivity index (χ1v) is 9.74. The molecule has 146 valence electrons. The lowest BCUT2D eigenvalue weighted by Crippen LogP contribution is -2.43. The predicted octanol–water partition coefficient (Wildman–Crippen LogP) is 2.88. The summed E-state index contributed by atoms with van der Waals surface area (Å²) in [5.74, 6) is 1.70. The molecule has 3 heterocycles. The van der Waals surface area contributed by atoms with E-state index in [1.54, 1.807) is 4.90 Å². The van der Waals surface area contributed by atoms with E-state index in [2.05, 4.69) is 22.2 Å². The fourth-order valence-electron chi connectivity index (χ4n) is 3.60. The van der Waals surface area contributed by atoms with Crippen LogP contribution in [0.4, 0.5) is 0 Å². The lowest BCUT2D eigenvalue weighted by atomic mass is 10.2. The Morgan fingerprint density at radius 1 is 1.26 bits per heavy atom. The molecule has 8 nitrogen and oxygen atoms in total. The number of morpholine rings is 1. The maximum absolute atomic E-state index is 13.2. The minimum atomic E-state index is -0.377. The van der Waals surface area contributed by atoms with E-state index in [0.717, 1.165) is 5.69 Å². The van der Waals surface area contributed by atoms with Crippen LogP contribution in [0.5, 0.6) is 0 Å². The zero-order chi connectivity index (χ0) is 19.1. The first-order chi connectivity index (χ1) is 13.0. The number of nitrogens with zero attached hydrogens (tertiary/aromatic N) is 5. The molecule has 2 aliphatic rings. The number of aromatic nitrogens is 4. The molecule has 2 atom stereocenters. The van der Waals surface area contributed by atoms with Gasteiger partial charge in [0.2, 0.25) is 11.8 Å². The Morgan fingerprint density at radius 2 is 2.04 bits per heavy atom. The van der Waals surface area contributed by atoms with Crippen molar-refractivity contribution < 1.29 is 13.9 Å². The molecule has 0 N–H and O–H groups in total. The van der Waals surface area contributed by atoms with Crippen molar-refractivity contribution in [3.63, 3.8) is 0 Å². The minimum Gasteiger partial charge on any atom is -0.423 e. The van der Waals surface area contributed by atoms with Gasteiger partial charge < -0.3 is 14.1 Å². The second-order valence-electron chi connectivity index (χ2n) is 7.92. The van der Waals surface area contributed by atoms with Crippen LogP contribution in [0.25, 0.3) is 0 Å². The van der Waals surface area contributed by atoms with Crippen LogP contribution in [0.2, 0.25) is 0 Å². The van der Waals surface area contributed by atoms with Crippen LogP contribution < -0.4 is 0 Å². The Hall–Kier alpha value is -2.22. The molecular weight excluding hydrogens is 346 g/mol. The summed E-state index contributed by atoms with van der Waals surface area (Å²) in [6.07, 6.45) is 2.48. The van der Waals surface area contributed by atoms with Crippen LogP contribution in [0.1, 0.15) is 79.6 Å². The number of ether oxygens (including phenoxy) is 1. The van der Waals surface area contributed by atoms with E-state index < -0.39 is 0 Å². The molecule has 0 radical (unpaired) electrons. The largest absolute Gasteiger partial charge is 0.423 e. The average Bonchev–Trinajstić information content (AvgIpc) is 3.26. The van der Waals surface area contributed by atoms with Gasteiger partial charge in [0, 0.05) is 18.2 Å². The van der Waals surface area contributed by atoms with Crippen molar-refractivity contribution in [1.29, 1.82) is 0 Å². The summed E-state index contributed by atoms with van der Waals surface area (Å²) in [5, 5.41) is 12.9. The molecule has 0 aromatic carbocycles. The molecule has 2 aromatic rings. The van der Waals surface area contributed by atoms with Crippen molar-refractivity contribution in [2.45, 2.75) is 58.5 Å². The Labute approximate surface area is 158 Å². The Morgan fingerprint density at radius 3 is 2.70 bits per heavy atom. The summed E-state index contributed by atoms with van der Waals surface area (Å²) >= 11 is 0. The number of hydrogen-bond acceptors (Lipinski definition) is 6. The summed E-state index contributed by atoms with van der Waals surface area (Å²) in [4.78, 5) is 14.9. The fraction of sp³-hybridized carbons (Fsp3) is 0.684. The van der Waals surface area contributed by atoms with Gasteiger partial charge in [0.15, 0.2) is 5.69 Å². The monoisotopic (exact) mass is 373 g/mol. The van der Waals surface area contributed by atoms with Crippen LogP contribution in [0.15, 0.2) is 10.5 Å². The standard InChI is InChI=1S/C19H27N5O3/c1-11(2)17-20-21-18(27-17)16-10-26-8-7-23(16)19(25)15-9-12(3)24(22-15)13(4)14-5-6-14/h9,11,13-14,16H,5-8,10H2,1-4H3. The second-order valence-corrected chi connectivity index (χ2v) is 7.92. The van der Waals surface area contributed by atoms with Gasteiger partial charge in [-0.1, -0.05) is 13.8 Å². The molecule has 1 aliphatic carbocycles. The third kappa shape index (κ3) is 3.50. The molecule has 2 fully saturated rings. The first kappa shape index (κ1) is 18.2. The molecule has 4 rings (SSSR count). The van der Waals surface area contributed by atoms with Gasteiger partial charge in [-0.05, 0) is 38.7 Å². The van der Waals surface area contributed by atoms with Crippen LogP contribution in [-0.2, 0) is 4.74 Å². The summed E-state index contributed by atoms with van der Waals surface area (Å²) in [5.41, 5.74) is 1.48. The number of hydrogen-bond donors (Lipinski definition) is 0. The second kappa shape index (κ2) is 7.07. The zero-order valence-electron chi connectivity index (χ0n) is 16.4. The number of carbonyl (C=O) groups excluding carboxylic acids is 1. The highest BCUT2D eigenvalue weighted by molar-refractivity contribution is 5.92. The van der Waals surface area contributed by atoms with Gasteiger partial charge in [0.1, 0.15) is 6.04 Å². The molecule has 1 aliphatic heterocycles. The summed E-state index contributed by atoms with van der Waals surface area (Å²) in [6, 6.07) is 1.83. The van der Waals surface area contributed by atoms with Crippen LogP contribution >= 0.6 is 0 Å². The molecule has 0 bridgehead atoms. The van der Waals surface area contributed by atoms with Gasteiger partial charge in [0.05, 0.1) is 19.3 Å². The topological polar surface area (TPSA) is 86.3 Å². The maximum atomic E-state index is 13.2. The number of aryl methyl sites for hydroxylation is 1. The van der Waals surface area contributed by atoms with E-state index in [4.69, 9.17) is 9.15 Å². The van der Waals surface area contributed by atoms with Gasteiger partial charge in [-0.2, -0.15) is 5.10 Å². The highest BCUT2D eigenvalue weighted by Gasteiger charge is 2.36. The Balaban J connectivity index is 1.58. The molecule has 27 heavy (non-hydrogen) atoms. The third-order valence-corrected chi connectivity index (χ3v) is 5.46. The molecular formula is C19H27N5O3. The molecule has 0 spiro atoms. The maximum Gasteiger partial charge on any atom is 0.275 e. The average molecular weight is 373 g/mol. The van der Waals surface area contributed by atoms with Crippen LogP contribution in [0.3, 0.4) is 0 Å². The quantitative estimate of drug-likeness (QED) is 0.801. The van der Waals surface area contributed by atoms with E-state index in [1.807, 2.05) is 31.5 Å². The Bertz CT molecular complexity index is 823. The van der Waals surface area contributed by atoms with E-state index in [-0.39, 0.29) is 17.9 Å². The third-order valence-electron chi connectivity index (χ3n) is 5.46. The number of amides is 1. The van der Waals surface area contributed by atoms with Crippen molar-refractivity contribution in [1.82, 2.24) is 24.9 Å². The van der Waals surface area contributed by atoms with Gasteiger partial charge in [-0.25, -0.2) is 0 Å². The molecule has 1 amide bonds. The first-order valence-electron chi connectivity index (χ1n) is 9.74. The summed E-state index contributed by atoms with van der Waals surface area (Å²) in [6.45, 7) is 9.49. The number of rotatable bonds is 5. The van der Waals surface area contributed by atoms with Crippen molar-refractivity contribution in [2.24, 2.45) is 5.92 Å². The smallest absolute Gasteiger partial charge is 0.275 e. The van der Waals surface area contributed by atoms with Crippen molar-refractivity contribution in [3.05, 3.63) is 29.2 Å². The zero-order valence-corrected chi connectivity index (χ0v) is 16.4. The van der Waals surface area contributed by atoms with Crippen LogP contribution in [0, 0.1) is 12.8 Å². The normalized spacial score (nSPS) is 21.7. The van der Waals surface area contributed by atoms with Gasteiger partial charge >= 0.3 is 0 Å². The van der Waals surface area contributed by atoms with E-state index >= 15 is 0 Å². The molecule has 1 saturated carbocycles. The molecule has 2 unspecified atom stereocenters. The van der Waals surface area contributed by atoms with E-state index in [1.165, 1.54) is 12.8 Å². The predicted molar refractivity (Wildman–Crippen MR) is 97.4 cm³/mol. The van der Waals surface area contributed by atoms with Crippen molar-refractivity contribution in [3.8, 4) is 0 Å². The van der Waals surface area contributed by atoms with Crippen molar-refractivity contribution >= 4 is 5.91 Å². The van der Waals surface area contributed by atoms with Gasteiger partial charge in [-0.15, -0.1) is 10.2 Å². The van der Waals surface area contributed by atoms with Crippen molar-refractivity contribution in [2.75, 3.05) is 19.8 Å². The lowest BCUT2D eigenvalue weighted by molar-refractivity contribution is -0.0111. The summed E-state index contributed by atoms with van der Waals surface area (Å²) in [7, 11) is 0. The molecule has 2 aromatic heterocycles. The van der Waals surface area contributed by atoms with E-state index in [9.17, 15) is 4.79 Å². The van der Waals surface area contributed by atoms with E-state index in [0.29, 0.717) is 49.2 Å². The highest BCUT2D eigenvalue weighted by Crippen LogP contribution is 2.39. The number of carbonyl (C=O) groups is 1. The SMILES string of the molecule is Cc1cc(C(=O)N2CCOCC2c2nnc(C(C)C)o2)nn1C(C)C1CC1. The summed E-state index contributed by atoms with van der Waals surface area (Å²) < 4.78 is 13.4. The van der Waals surface area contributed by atoms with Crippen LogP contribution in [-0.4, -0.2) is 50.5 Å². The Kier molecular flexibility index (Phi) is 4.75.